The van der Waals surface area contributed by atoms with Gasteiger partial charge in [0.25, 0.3) is 0 Å². The van der Waals surface area contributed by atoms with E-state index in [1.807, 2.05) is 0 Å². The molecule has 206 valence electrons. The number of hydrogen-bond donors (Lipinski definition) is 8. The Labute approximate surface area is 221 Å². The predicted octanol–water partition coefficient (Wildman–Crippen LogP) is 1.43. The van der Waals surface area contributed by atoms with Crippen molar-refractivity contribution in [2.75, 3.05) is 6.61 Å². The third-order valence-electron chi connectivity index (χ3n) is 5.90. The highest BCUT2D eigenvalue weighted by Gasteiger charge is 2.48. The largest absolute Gasteiger partial charge is 0.508 e. The summed E-state index contributed by atoms with van der Waals surface area (Å²) in [6, 6.07) is 12.2. The topological polar surface area (TPSA) is 207 Å². The lowest BCUT2D eigenvalue weighted by Gasteiger charge is -2.41. The van der Waals surface area contributed by atoms with E-state index in [0.717, 1.165) is 17.7 Å². The molecule has 0 bridgehead atoms. The summed E-state index contributed by atoms with van der Waals surface area (Å²) in [7, 11) is 0. The van der Waals surface area contributed by atoms with Gasteiger partial charge in [0.15, 0.2) is 23.4 Å². The van der Waals surface area contributed by atoms with E-state index in [4.69, 9.17) is 14.2 Å². The molecule has 12 heteroatoms. The minimum atomic E-state index is -1.80. The van der Waals surface area contributed by atoms with Gasteiger partial charge in [-0.05, 0) is 47.5 Å². The molecule has 1 aliphatic rings. The van der Waals surface area contributed by atoms with Crippen molar-refractivity contribution in [2.24, 2.45) is 0 Å². The van der Waals surface area contributed by atoms with Crippen LogP contribution in [-0.2, 0) is 9.47 Å². The fourth-order valence-electron chi connectivity index (χ4n) is 3.87. The van der Waals surface area contributed by atoms with Gasteiger partial charge in [0.2, 0.25) is 6.29 Å². The number of hydrogen-bond acceptors (Lipinski definition) is 12. The molecule has 3 aromatic carbocycles. The number of carbonyl (C=O) groups is 1. The van der Waals surface area contributed by atoms with Crippen LogP contribution in [-0.4, -0.2) is 84.1 Å². The van der Waals surface area contributed by atoms with Crippen LogP contribution < -0.4 is 4.74 Å². The second-order valence-electron chi connectivity index (χ2n) is 8.74. The monoisotopic (exact) mass is 542 g/mol. The maximum atomic E-state index is 12.7. The van der Waals surface area contributed by atoms with Gasteiger partial charge in [-0.3, -0.25) is 0 Å². The Morgan fingerprint density at radius 1 is 0.821 bits per heavy atom. The molecular weight excluding hydrogens is 516 g/mol. The van der Waals surface area contributed by atoms with E-state index in [1.165, 1.54) is 30.3 Å². The molecule has 1 heterocycles. The van der Waals surface area contributed by atoms with Gasteiger partial charge in [0.05, 0.1) is 12.2 Å². The van der Waals surface area contributed by atoms with E-state index in [1.54, 1.807) is 24.3 Å². The summed E-state index contributed by atoms with van der Waals surface area (Å²) in [6.45, 7) is -0.709. The fraction of sp³-hybridized carbons (Fsp3) is 0.222. The highest BCUT2D eigenvalue weighted by molar-refractivity contribution is 5.91. The highest BCUT2D eigenvalue weighted by atomic mass is 16.7. The Morgan fingerprint density at radius 2 is 1.46 bits per heavy atom. The molecule has 1 saturated heterocycles. The van der Waals surface area contributed by atoms with E-state index in [-0.39, 0.29) is 17.2 Å². The minimum absolute atomic E-state index is 0.0200. The van der Waals surface area contributed by atoms with Gasteiger partial charge in [-0.15, -0.1) is 0 Å². The number of benzene rings is 3. The van der Waals surface area contributed by atoms with E-state index < -0.39 is 66.1 Å². The quantitative estimate of drug-likeness (QED) is 0.121. The molecule has 39 heavy (non-hydrogen) atoms. The Morgan fingerprint density at radius 3 is 2.10 bits per heavy atom. The van der Waals surface area contributed by atoms with Crippen LogP contribution >= 0.6 is 0 Å². The second kappa shape index (κ2) is 11.5. The van der Waals surface area contributed by atoms with E-state index >= 15 is 0 Å². The van der Waals surface area contributed by atoms with Crippen molar-refractivity contribution in [1.29, 1.82) is 0 Å². The first-order chi connectivity index (χ1) is 18.5. The second-order valence-corrected chi connectivity index (χ2v) is 8.74. The molecule has 5 unspecified atom stereocenters. The summed E-state index contributed by atoms with van der Waals surface area (Å²) < 4.78 is 16.6. The summed E-state index contributed by atoms with van der Waals surface area (Å²) in [6.07, 6.45) is -4.68. The van der Waals surface area contributed by atoms with E-state index in [9.17, 15) is 45.6 Å². The summed E-state index contributed by atoms with van der Waals surface area (Å²) >= 11 is 0. The number of ether oxygens (including phenoxy) is 3. The summed E-state index contributed by atoms with van der Waals surface area (Å²) in [5.74, 6) is -3.70. The van der Waals surface area contributed by atoms with Gasteiger partial charge >= 0.3 is 5.97 Å². The average molecular weight is 542 g/mol. The van der Waals surface area contributed by atoms with Crippen LogP contribution in [0.2, 0.25) is 0 Å². The number of esters is 1. The van der Waals surface area contributed by atoms with Crippen LogP contribution in [0.25, 0.3) is 12.2 Å². The molecule has 0 spiro atoms. The number of rotatable bonds is 7. The molecule has 0 radical (unpaired) electrons. The third-order valence-corrected chi connectivity index (χ3v) is 5.90. The minimum Gasteiger partial charge on any atom is -0.508 e. The smallest absolute Gasteiger partial charge is 0.339 e. The number of phenols is 5. The highest BCUT2D eigenvalue weighted by Crippen LogP contribution is 2.36. The Bertz CT molecular complexity index is 1330. The molecule has 0 saturated carbocycles. The standard InChI is InChI=1S/C27H26O12/c28-12-21-23(34)24(35)25(39-26(36)15-9-19(31)22(33)20(32)10-15)27(38-21)37-18-8-14(7-17(30)11-18)2-1-13-3-5-16(29)6-4-13/h1-11,21,23-25,27-35H,12H2/b2-1+. The van der Waals surface area contributed by atoms with Crippen molar-refractivity contribution in [3.05, 3.63) is 71.3 Å². The first-order valence-electron chi connectivity index (χ1n) is 11.6. The third kappa shape index (κ3) is 6.33. The number of carbonyl (C=O) groups excluding carboxylic acids is 1. The molecule has 3 aromatic rings. The number of aliphatic hydroxyl groups is 3. The lowest BCUT2D eigenvalue weighted by molar-refractivity contribution is -0.276. The number of phenolic OH excluding ortho intramolecular Hbond substituents is 5. The summed E-state index contributed by atoms with van der Waals surface area (Å²) in [4.78, 5) is 12.7. The summed E-state index contributed by atoms with van der Waals surface area (Å²) in [5, 5.41) is 79.1. The van der Waals surface area contributed by atoms with Crippen molar-refractivity contribution < 1.29 is 59.9 Å². The first kappa shape index (κ1) is 27.5. The zero-order valence-corrected chi connectivity index (χ0v) is 20.2. The van der Waals surface area contributed by atoms with Crippen molar-refractivity contribution in [2.45, 2.75) is 30.7 Å². The Balaban J connectivity index is 1.59. The van der Waals surface area contributed by atoms with E-state index in [2.05, 4.69) is 0 Å². The van der Waals surface area contributed by atoms with E-state index in [0.29, 0.717) is 5.56 Å². The molecule has 0 aromatic heterocycles. The predicted molar refractivity (Wildman–Crippen MR) is 134 cm³/mol. The first-order valence-corrected chi connectivity index (χ1v) is 11.6. The number of aromatic hydroxyl groups is 5. The molecule has 1 aliphatic heterocycles. The average Bonchev–Trinajstić information content (AvgIpc) is 2.90. The van der Waals surface area contributed by atoms with Crippen LogP contribution in [0, 0.1) is 0 Å². The molecule has 0 amide bonds. The van der Waals surface area contributed by atoms with Crippen LogP contribution in [0.4, 0.5) is 0 Å². The molecule has 12 nitrogen and oxygen atoms in total. The van der Waals surface area contributed by atoms with Crippen molar-refractivity contribution in [3.8, 4) is 34.5 Å². The fourth-order valence-corrected chi connectivity index (χ4v) is 3.87. The maximum Gasteiger partial charge on any atom is 0.339 e. The zero-order chi connectivity index (χ0) is 28.3. The van der Waals surface area contributed by atoms with Crippen LogP contribution in [0.3, 0.4) is 0 Å². The SMILES string of the molecule is O=C(OC1C(Oc2cc(O)cc(/C=C/c3ccc(O)cc3)c2)OC(CO)C(O)C1O)c1cc(O)c(O)c(O)c1. The van der Waals surface area contributed by atoms with Crippen molar-refractivity contribution >= 4 is 18.1 Å². The molecule has 0 aliphatic carbocycles. The molecule has 8 N–H and O–H groups in total. The van der Waals surface area contributed by atoms with Crippen LogP contribution in [0.5, 0.6) is 34.5 Å². The lowest BCUT2D eigenvalue weighted by Crippen LogP contribution is -2.61. The Hall–Kier alpha value is -4.49. The van der Waals surface area contributed by atoms with Crippen LogP contribution in [0.1, 0.15) is 21.5 Å². The van der Waals surface area contributed by atoms with Gasteiger partial charge in [0.1, 0.15) is 35.6 Å². The van der Waals surface area contributed by atoms with Gasteiger partial charge < -0.3 is 55.1 Å². The van der Waals surface area contributed by atoms with Gasteiger partial charge in [-0.2, -0.15) is 0 Å². The molecular formula is C27H26O12. The normalized spacial score (nSPS) is 23.0. The van der Waals surface area contributed by atoms with Crippen molar-refractivity contribution in [1.82, 2.24) is 0 Å². The lowest BCUT2D eigenvalue weighted by atomic mass is 9.99. The number of aliphatic hydroxyl groups excluding tert-OH is 3. The van der Waals surface area contributed by atoms with Crippen molar-refractivity contribution in [3.63, 3.8) is 0 Å². The van der Waals surface area contributed by atoms with Gasteiger partial charge in [0, 0.05) is 6.07 Å². The molecule has 1 fully saturated rings. The molecule has 5 atom stereocenters. The Kier molecular flexibility index (Phi) is 8.12. The van der Waals surface area contributed by atoms with Crippen LogP contribution in [0.15, 0.2) is 54.6 Å². The van der Waals surface area contributed by atoms with Gasteiger partial charge in [-0.25, -0.2) is 4.79 Å². The maximum absolute atomic E-state index is 12.7. The summed E-state index contributed by atoms with van der Waals surface area (Å²) in [5.41, 5.74) is 0.846. The zero-order valence-electron chi connectivity index (χ0n) is 20.2. The molecule has 4 rings (SSSR count). The van der Waals surface area contributed by atoms with Gasteiger partial charge in [-0.1, -0.05) is 24.3 Å².